The molecule has 27 heavy (non-hydrogen) atoms. The second-order valence-electron chi connectivity index (χ2n) is 5.38. The van der Waals surface area contributed by atoms with E-state index in [4.69, 9.17) is 18.9 Å². The molecule has 0 aromatic carbocycles. The second kappa shape index (κ2) is 13.7. The molecule has 0 aromatic heterocycles. The second-order valence-corrected chi connectivity index (χ2v) is 8.51. The van der Waals surface area contributed by atoms with Crippen LogP contribution in [0.15, 0.2) is 0 Å². The van der Waals surface area contributed by atoms with Gasteiger partial charge in [-0.25, -0.2) is 0 Å². The lowest BCUT2D eigenvalue weighted by molar-refractivity contribution is -0.187. The minimum atomic E-state index is -1.13. The Bertz CT molecular complexity index is 505. The SMILES string of the molecule is CCSC(SCC)C(OC(C)=O)C(OC(C)=O)C(COC(C)=O)OC(C)=O. The maximum Gasteiger partial charge on any atom is 0.303 e. The van der Waals surface area contributed by atoms with Crippen molar-refractivity contribution in [3.05, 3.63) is 0 Å². The molecule has 0 fully saturated rings. The van der Waals surface area contributed by atoms with Crippen LogP contribution < -0.4 is 0 Å². The Labute approximate surface area is 168 Å². The molecule has 0 heterocycles. The number of carbonyl (C=O) groups excluding carboxylic acids is 4. The molecule has 0 saturated heterocycles. The molecule has 0 radical (unpaired) electrons. The molecule has 0 rings (SSSR count). The van der Waals surface area contributed by atoms with E-state index in [-0.39, 0.29) is 11.2 Å². The van der Waals surface area contributed by atoms with Crippen molar-refractivity contribution in [2.24, 2.45) is 0 Å². The zero-order valence-electron chi connectivity index (χ0n) is 16.5. The van der Waals surface area contributed by atoms with Crippen molar-refractivity contribution < 1.29 is 38.1 Å². The third kappa shape index (κ3) is 11.1. The minimum Gasteiger partial charge on any atom is -0.462 e. The Morgan fingerprint density at radius 3 is 1.52 bits per heavy atom. The van der Waals surface area contributed by atoms with E-state index in [9.17, 15) is 19.2 Å². The third-order valence-corrected chi connectivity index (χ3v) is 5.67. The van der Waals surface area contributed by atoms with Crippen LogP contribution in [0.1, 0.15) is 41.5 Å². The maximum absolute atomic E-state index is 11.7. The summed E-state index contributed by atoms with van der Waals surface area (Å²) >= 11 is 3.03. The number of ether oxygens (including phenoxy) is 4. The zero-order valence-corrected chi connectivity index (χ0v) is 18.1. The van der Waals surface area contributed by atoms with Gasteiger partial charge in [-0.15, -0.1) is 23.5 Å². The first kappa shape index (κ1) is 25.6. The van der Waals surface area contributed by atoms with Gasteiger partial charge in [-0.3, -0.25) is 19.2 Å². The summed E-state index contributed by atoms with van der Waals surface area (Å²) in [7, 11) is 0. The molecule has 10 heteroatoms. The molecule has 0 aliphatic rings. The van der Waals surface area contributed by atoms with E-state index >= 15 is 0 Å². The van der Waals surface area contributed by atoms with Crippen LogP contribution in [0.25, 0.3) is 0 Å². The van der Waals surface area contributed by atoms with Crippen molar-refractivity contribution in [1.29, 1.82) is 0 Å². The normalized spacial score (nSPS) is 14.0. The van der Waals surface area contributed by atoms with Crippen molar-refractivity contribution in [2.45, 2.75) is 64.4 Å². The summed E-state index contributed by atoms with van der Waals surface area (Å²) in [5.41, 5.74) is 0. The van der Waals surface area contributed by atoms with Crippen molar-refractivity contribution >= 4 is 47.4 Å². The quantitative estimate of drug-likeness (QED) is 0.263. The molecule has 0 bridgehead atoms. The molecular weight excluding hydrogens is 396 g/mol. The lowest BCUT2D eigenvalue weighted by Crippen LogP contribution is -2.50. The molecule has 0 aliphatic heterocycles. The van der Waals surface area contributed by atoms with Gasteiger partial charge in [-0.2, -0.15) is 0 Å². The van der Waals surface area contributed by atoms with E-state index in [1.807, 2.05) is 13.8 Å². The molecule has 0 aliphatic carbocycles. The van der Waals surface area contributed by atoms with E-state index in [2.05, 4.69) is 0 Å². The maximum atomic E-state index is 11.7. The third-order valence-electron chi connectivity index (χ3n) is 2.99. The number of hydrogen-bond donors (Lipinski definition) is 0. The van der Waals surface area contributed by atoms with E-state index in [1.54, 1.807) is 0 Å². The standard InChI is InChI=1S/C17H28O8S2/c1-7-26-17(27-8-2)16(25-13(6)21)15(24-12(5)20)14(23-11(4)19)9-22-10(3)18/h14-17H,7-9H2,1-6H3. The van der Waals surface area contributed by atoms with Crippen LogP contribution in [0.5, 0.6) is 0 Å². The molecule has 0 amide bonds. The summed E-state index contributed by atoms with van der Waals surface area (Å²) < 4.78 is 20.7. The van der Waals surface area contributed by atoms with Crippen molar-refractivity contribution in [1.82, 2.24) is 0 Å². The van der Waals surface area contributed by atoms with E-state index < -0.39 is 42.2 Å². The fourth-order valence-corrected chi connectivity index (χ4v) is 4.85. The highest BCUT2D eigenvalue weighted by molar-refractivity contribution is 8.17. The predicted molar refractivity (Wildman–Crippen MR) is 103 cm³/mol. The van der Waals surface area contributed by atoms with Gasteiger partial charge in [0, 0.05) is 27.7 Å². The summed E-state index contributed by atoms with van der Waals surface area (Å²) in [6.07, 6.45) is -3.14. The van der Waals surface area contributed by atoms with Gasteiger partial charge >= 0.3 is 23.9 Å². The van der Waals surface area contributed by atoms with Gasteiger partial charge < -0.3 is 18.9 Å². The molecule has 0 aromatic rings. The Hall–Kier alpha value is -1.42. The molecule has 0 saturated carbocycles. The van der Waals surface area contributed by atoms with Gasteiger partial charge in [0.05, 0.1) is 4.58 Å². The van der Waals surface area contributed by atoms with Crippen molar-refractivity contribution in [3.63, 3.8) is 0 Å². The molecule has 156 valence electrons. The predicted octanol–water partition coefficient (Wildman–Crippen LogP) is 2.18. The molecule has 8 nitrogen and oxygen atoms in total. The fourth-order valence-electron chi connectivity index (χ4n) is 2.19. The van der Waals surface area contributed by atoms with E-state index in [0.29, 0.717) is 0 Å². The smallest absolute Gasteiger partial charge is 0.303 e. The van der Waals surface area contributed by atoms with Crippen LogP contribution in [0.4, 0.5) is 0 Å². The lowest BCUT2D eigenvalue weighted by atomic mass is 10.1. The van der Waals surface area contributed by atoms with E-state index in [1.165, 1.54) is 51.2 Å². The molecule has 0 N–H and O–H groups in total. The first-order valence-electron chi connectivity index (χ1n) is 8.50. The van der Waals surface area contributed by atoms with Gasteiger partial charge in [0.25, 0.3) is 0 Å². The first-order chi connectivity index (χ1) is 12.6. The average molecular weight is 425 g/mol. The number of carbonyl (C=O) groups is 4. The van der Waals surface area contributed by atoms with Gasteiger partial charge in [-0.1, -0.05) is 13.8 Å². The Kier molecular flexibility index (Phi) is 13.0. The summed E-state index contributed by atoms with van der Waals surface area (Å²) in [6.45, 7) is 8.40. The minimum absolute atomic E-state index is 0.274. The summed E-state index contributed by atoms with van der Waals surface area (Å²) in [4.78, 5) is 46.1. The first-order valence-corrected chi connectivity index (χ1v) is 10.6. The number of hydrogen-bond acceptors (Lipinski definition) is 10. The van der Waals surface area contributed by atoms with Crippen molar-refractivity contribution in [2.75, 3.05) is 18.1 Å². The Balaban J connectivity index is 5.92. The van der Waals surface area contributed by atoms with Crippen molar-refractivity contribution in [3.8, 4) is 0 Å². The van der Waals surface area contributed by atoms with E-state index in [0.717, 1.165) is 11.5 Å². The largest absolute Gasteiger partial charge is 0.462 e. The molecule has 3 atom stereocenters. The highest BCUT2D eigenvalue weighted by Crippen LogP contribution is 2.32. The molecule has 0 spiro atoms. The van der Waals surface area contributed by atoms with Gasteiger partial charge in [-0.05, 0) is 11.5 Å². The number of thioether (sulfide) groups is 2. The summed E-state index contributed by atoms with van der Waals surface area (Å²) in [5, 5.41) is 0. The monoisotopic (exact) mass is 424 g/mol. The Morgan fingerprint density at radius 1 is 0.704 bits per heavy atom. The number of rotatable bonds is 12. The number of esters is 4. The lowest BCUT2D eigenvalue weighted by Gasteiger charge is -2.35. The van der Waals surface area contributed by atoms with Crippen LogP contribution in [0.2, 0.25) is 0 Å². The highest BCUT2D eigenvalue weighted by Gasteiger charge is 2.42. The molecule has 3 unspecified atom stereocenters. The summed E-state index contributed by atoms with van der Waals surface area (Å²) in [6, 6.07) is 0. The average Bonchev–Trinajstić information content (AvgIpc) is 2.53. The topological polar surface area (TPSA) is 105 Å². The van der Waals surface area contributed by atoms with Crippen LogP contribution in [0.3, 0.4) is 0 Å². The van der Waals surface area contributed by atoms with Crippen LogP contribution >= 0.6 is 23.5 Å². The Morgan fingerprint density at radius 2 is 1.15 bits per heavy atom. The fraction of sp³-hybridized carbons (Fsp3) is 0.765. The van der Waals surface area contributed by atoms with Crippen LogP contribution in [-0.4, -0.2) is 64.9 Å². The zero-order chi connectivity index (χ0) is 21.0. The van der Waals surface area contributed by atoms with Gasteiger partial charge in [0.15, 0.2) is 18.3 Å². The summed E-state index contributed by atoms with van der Waals surface area (Å²) in [5.74, 6) is -0.980. The van der Waals surface area contributed by atoms with Crippen LogP contribution in [0, 0.1) is 0 Å². The van der Waals surface area contributed by atoms with Crippen LogP contribution in [-0.2, 0) is 38.1 Å². The highest BCUT2D eigenvalue weighted by atomic mass is 32.2. The van der Waals surface area contributed by atoms with Gasteiger partial charge in [0.1, 0.15) is 6.61 Å². The van der Waals surface area contributed by atoms with Gasteiger partial charge in [0.2, 0.25) is 0 Å². The molecular formula is C17H28O8S2.